The Hall–Kier alpha value is 0.140. The molecule has 0 radical (unpaired) electrons. The van der Waals surface area contributed by atoms with Gasteiger partial charge in [-0.25, -0.2) is 0 Å². The van der Waals surface area contributed by atoms with Crippen molar-refractivity contribution in [2.45, 2.75) is 44.6 Å². The Bertz CT molecular complexity index is 441. The van der Waals surface area contributed by atoms with Crippen molar-refractivity contribution in [3.63, 3.8) is 0 Å². The molecule has 1 atom stereocenters. The van der Waals surface area contributed by atoms with Gasteiger partial charge in [0.25, 0.3) is 0 Å². The Balaban J connectivity index is 1.51. The first-order valence-electron chi connectivity index (χ1n) is 7.60. The lowest BCUT2D eigenvalue weighted by atomic mass is 9.50. The fourth-order valence-electron chi connectivity index (χ4n) is 5.39. The maximum Gasteiger partial charge on any atom is 0.0622 e. The summed E-state index contributed by atoms with van der Waals surface area (Å²) in [7, 11) is 0. The molecule has 4 saturated carbocycles. The summed E-state index contributed by atoms with van der Waals surface area (Å²) in [6, 6.07) is 2.10. The van der Waals surface area contributed by atoms with E-state index in [1.54, 1.807) is 11.3 Å². The first-order chi connectivity index (χ1) is 9.20. The number of halogens is 1. The van der Waals surface area contributed by atoms with Gasteiger partial charge in [-0.05, 0) is 89.1 Å². The summed E-state index contributed by atoms with van der Waals surface area (Å²) in [4.78, 5) is 1.32. The number of thiophene rings is 1. The van der Waals surface area contributed by atoms with Crippen LogP contribution in [0.15, 0.2) is 15.9 Å². The molecule has 4 aliphatic rings. The van der Waals surface area contributed by atoms with E-state index in [0.717, 1.165) is 30.1 Å². The highest BCUT2D eigenvalue weighted by Crippen LogP contribution is 2.57. The van der Waals surface area contributed by atoms with Gasteiger partial charge >= 0.3 is 0 Å². The van der Waals surface area contributed by atoms with Crippen LogP contribution in [-0.4, -0.2) is 11.2 Å². The SMILES string of the molecule is OC(Cc1sccc1Br)C1C2CC3CC(C2)CC1C3. The van der Waals surface area contributed by atoms with E-state index in [0.29, 0.717) is 5.92 Å². The minimum absolute atomic E-state index is 0.120. The molecule has 19 heavy (non-hydrogen) atoms. The summed E-state index contributed by atoms with van der Waals surface area (Å²) in [6.45, 7) is 0. The summed E-state index contributed by atoms with van der Waals surface area (Å²) in [5.41, 5.74) is 0. The predicted octanol–water partition coefficient (Wildman–Crippen LogP) is 4.49. The highest BCUT2D eigenvalue weighted by molar-refractivity contribution is 9.10. The fourth-order valence-corrected chi connectivity index (χ4v) is 6.96. The molecule has 0 aliphatic heterocycles. The highest BCUT2D eigenvalue weighted by atomic mass is 79.9. The van der Waals surface area contributed by atoms with E-state index in [1.165, 1.54) is 41.5 Å². The van der Waals surface area contributed by atoms with Gasteiger partial charge in [0.15, 0.2) is 0 Å². The Morgan fingerprint density at radius 1 is 1.16 bits per heavy atom. The van der Waals surface area contributed by atoms with Gasteiger partial charge in [-0.3, -0.25) is 0 Å². The quantitative estimate of drug-likeness (QED) is 0.859. The average molecular weight is 341 g/mol. The number of aliphatic hydroxyl groups is 1. The molecule has 0 amide bonds. The molecule has 1 unspecified atom stereocenters. The second kappa shape index (κ2) is 4.85. The second-order valence-electron chi connectivity index (χ2n) is 6.97. The molecule has 4 aliphatic carbocycles. The van der Waals surface area contributed by atoms with Crippen molar-refractivity contribution in [2.24, 2.45) is 29.6 Å². The van der Waals surface area contributed by atoms with Crippen LogP contribution in [0.3, 0.4) is 0 Å². The third kappa shape index (κ3) is 2.22. The van der Waals surface area contributed by atoms with Gasteiger partial charge in [-0.2, -0.15) is 0 Å². The maximum absolute atomic E-state index is 10.8. The third-order valence-electron chi connectivity index (χ3n) is 5.83. The monoisotopic (exact) mass is 340 g/mol. The Labute approximate surface area is 127 Å². The first kappa shape index (κ1) is 12.8. The molecule has 4 bridgehead atoms. The second-order valence-corrected chi connectivity index (χ2v) is 8.83. The topological polar surface area (TPSA) is 20.2 Å². The molecule has 3 heteroatoms. The Kier molecular flexibility index (Phi) is 3.28. The molecular formula is C16H21BrOS. The van der Waals surface area contributed by atoms with Gasteiger partial charge in [-0.1, -0.05) is 0 Å². The summed E-state index contributed by atoms with van der Waals surface area (Å²) >= 11 is 5.37. The summed E-state index contributed by atoms with van der Waals surface area (Å²) in [5, 5.41) is 12.9. The van der Waals surface area contributed by atoms with Crippen molar-refractivity contribution in [3.8, 4) is 0 Å². The fraction of sp³-hybridized carbons (Fsp3) is 0.750. The normalized spacial score (nSPS) is 41.7. The van der Waals surface area contributed by atoms with E-state index in [1.807, 2.05) is 0 Å². The number of hydrogen-bond donors (Lipinski definition) is 1. The molecule has 1 N–H and O–H groups in total. The number of aliphatic hydroxyl groups excluding tert-OH is 1. The minimum Gasteiger partial charge on any atom is -0.392 e. The molecule has 1 nitrogen and oxygen atoms in total. The van der Waals surface area contributed by atoms with E-state index in [4.69, 9.17) is 0 Å². The molecule has 5 rings (SSSR count). The van der Waals surface area contributed by atoms with Crippen molar-refractivity contribution in [1.82, 2.24) is 0 Å². The zero-order valence-electron chi connectivity index (χ0n) is 11.1. The van der Waals surface area contributed by atoms with Crippen molar-refractivity contribution in [1.29, 1.82) is 0 Å². The molecule has 0 aromatic carbocycles. The van der Waals surface area contributed by atoms with Crippen LogP contribution in [-0.2, 0) is 6.42 Å². The third-order valence-corrected chi connectivity index (χ3v) is 7.78. The van der Waals surface area contributed by atoms with Crippen molar-refractivity contribution in [3.05, 3.63) is 20.8 Å². The lowest BCUT2D eigenvalue weighted by molar-refractivity contribution is -0.0886. The standard InChI is InChI=1S/C16H21BrOS/c17-13-1-2-19-15(13)8-14(18)16-11-4-9-3-10(6-11)7-12(16)5-9/h1-2,9-12,14,16,18H,3-8H2. The molecule has 1 aromatic heterocycles. The van der Waals surface area contributed by atoms with Crippen LogP contribution >= 0.6 is 27.3 Å². The van der Waals surface area contributed by atoms with Crippen LogP contribution in [0.1, 0.15) is 37.0 Å². The van der Waals surface area contributed by atoms with Crippen LogP contribution in [0.5, 0.6) is 0 Å². The summed E-state index contributed by atoms with van der Waals surface area (Å²) < 4.78 is 1.18. The predicted molar refractivity (Wildman–Crippen MR) is 82.3 cm³/mol. The van der Waals surface area contributed by atoms with Crippen LogP contribution in [0.2, 0.25) is 0 Å². The summed E-state index contributed by atoms with van der Waals surface area (Å²) in [5.74, 6) is 4.23. The zero-order chi connectivity index (χ0) is 13.0. The van der Waals surface area contributed by atoms with E-state index in [-0.39, 0.29) is 6.10 Å². The van der Waals surface area contributed by atoms with Crippen molar-refractivity contribution in [2.75, 3.05) is 0 Å². The van der Waals surface area contributed by atoms with Gasteiger partial charge < -0.3 is 5.11 Å². The molecule has 0 spiro atoms. The van der Waals surface area contributed by atoms with Crippen LogP contribution < -0.4 is 0 Å². The van der Waals surface area contributed by atoms with Gasteiger partial charge in [0, 0.05) is 15.8 Å². The number of hydrogen-bond acceptors (Lipinski definition) is 2. The Morgan fingerprint density at radius 3 is 2.32 bits per heavy atom. The van der Waals surface area contributed by atoms with E-state index in [9.17, 15) is 5.11 Å². The average Bonchev–Trinajstić information content (AvgIpc) is 2.73. The van der Waals surface area contributed by atoms with E-state index < -0.39 is 0 Å². The van der Waals surface area contributed by atoms with Crippen molar-refractivity contribution < 1.29 is 5.11 Å². The smallest absolute Gasteiger partial charge is 0.0622 e. The lowest BCUT2D eigenvalue weighted by Gasteiger charge is -2.55. The zero-order valence-corrected chi connectivity index (χ0v) is 13.5. The first-order valence-corrected chi connectivity index (χ1v) is 9.28. The Morgan fingerprint density at radius 2 is 1.79 bits per heavy atom. The van der Waals surface area contributed by atoms with Gasteiger partial charge in [0.05, 0.1) is 6.10 Å². The van der Waals surface area contributed by atoms with Gasteiger partial charge in [0.1, 0.15) is 0 Å². The highest BCUT2D eigenvalue weighted by Gasteiger charge is 2.50. The van der Waals surface area contributed by atoms with E-state index in [2.05, 4.69) is 27.4 Å². The summed E-state index contributed by atoms with van der Waals surface area (Å²) in [6.07, 6.45) is 7.84. The van der Waals surface area contributed by atoms with Crippen molar-refractivity contribution >= 4 is 27.3 Å². The van der Waals surface area contributed by atoms with Gasteiger partial charge in [-0.15, -0.1) is 11.3 Å². The molecule has 1 aromatic rings. The maximum atomic E-state index is 10.8. The van der Waals surface area contributed by atoms with E-state index >= 15 is 0 Å². The molecule has 4 fully saturated rings. The minimum atomic E-state index is -0.120. The lowest BCUT2D eigenvalue weighted by Crippen LogP contribution is -2.49. The van der Waals surface area contributed by atoms with Crippen LogP contribution in [0.4, 0.5) is 0 Å². The molecular weight excluding hydrogens is 320 g/mol. The number of rotatable bonds is 3. The van der Waals surface area contributed by atoms with Crippen LogP contribution in [0, 0.1) is 29.6 Å². The van der Waals surface area contributed by atoms with Crippen LogP contribution in [0.25, 0.3) is 0 Å². The molecule has 0 saturated heterocycles. The molecule has 104 valence electrons. The largest absolute Gasteiger partial charge is 0.392 e. The van der Waals surface area contributed by atoms with Gasteiger partial charge in [0.2, 0.25) is 0 Å². The molecule has 1 heterocycles.